The van der Waals surface area contributed by atoms with E-state index in [9.17, 15) is 4.79 Å². The van der Waals surface area contributed by atoms with Gasteiger partial charge < -0.3 is 15.2 Å². The monoisotopic (exact) mass is 285 g/mol. The molecule has 0 heterocycles. The van der Waals surface area contributed by atoms with Gasteiger partial charge in [-0.25, -0.2) is 4.79 Å². The molecule has 0 aliphatic carbocycles. The zero-order valence-electron chi connectivity index (χ0n) is 11.5. The normalized spacial score (nSPS) is 10.6. The highest BCUT2D eigenvalue weighted by Crippen LogP contribution is 2.32. The standard InChI is InChI=1S/C14H20ClNO3/c1-4-18-14(17)11-7-10(16)8-12(15)13(11)19-6-5-9(2)3/h7-9H,4-6,16H2,1-3H3. The van der Waals surface area contributed by atoms with Crippen molar-refractivity contribution in [3.8, 4) is 5.75 Å². The molecule has 0 spiro atoms. The Labute approximate surface area is 118 Å². The van der Waals surface area contributed by atoms with E-state index in [2.05, 4.69) is 13.8 Å². The van der Waals surface area contributed by atoms with E-state index in [0.717, 1.165) is 6.42 Å². The summed E-state index contributed by atoms with van der Waals surface area (Å²) < 4.78 is 10.6. The van der Waals surface area contributed by atoms with Crippen LogP contribution in [-0.4, -0.2) is 19.2 Å². The molecule has 0 radical (unpaired) electrons. The predicted molar refractivity (Wildman–Crippen MR) is 76.8 cm³/mol. The minimum absolute atomic E-state index is 0.274. The summed E-state index contributed by atoms with van der Waals surface area (Å²) in [6, 6.07) is 3.09. The number of anilines is 1. The summed E-state index contributed by atoms with van der Waals surface area (Å²) in [5.74, 6) is 0.379. The van der Waals surface area contributed by atoms with Gasteiger partial charge in [-0.1, -0.05) is 25.4 Å². The summed E-state index contributed by atoms with van der Waals surface area (Å²) in [6.45, 7) is 6.72. The molecule has 0 saturated carbocycles. The highest BCUT2D eigenvalue weighted by molar-refractivity contribution is 6.33. The summed E-state index contributed by atoms with van der Waals surface area (Å²) in [4.78, 5) is 11.9. The first-order chi connectivity index (χ1) is 8.95. The van der Waals surface area contributed by atoms with Crippen molar-refractivity contribution in [2.75, 3.05) is 18.9 Å². The fourth-order valence-corrected chi connectivity index (χ4v) is 1.80. The third kappa shape index (κ3) is 4.63. The van der Waals surface area contributed by atoms with Crippen molar-refractivity contribution in [1.82, 2.24) is 0 Å². The molecule has 0 aliphatic heterocycles. The average molecular weight is 286 g/mol. The molecule has 0 fully saturated rings. The lowest BCUT2D eigenvalue weighted by Crippen LogP contribution is -2.10. The molecular formula is C14H20ClNO3. The Kier molecular flexibility index (Phi) is 5.96. The van der Waals surface area contributed by atoms with Crippen molar-refractivity contribution in [2.45, 2.75) is 27.2 Å². The fraction of sp³-hybridized carbons (Fsp3) is 0.500. The summed E-state index contributed by atoms with van der Waals surface area (Å²) in [6.07, 6.45) is 0.878. The number of nitrogens with two attached hydrogens (primary N) is 1. The average Bonchev–Trinajstić information content (AvgIpc) is 2.31. The molecule has 5 heteroatoms. The zero-order valence-corrected chi connectivity index (χ0v) is 12.3. The summed E-state index contributed by atoms with van der Waals surface area (Å²) in [5.41, 5.74) is 6.37. The second kappa shape index (κ2) is 7.24. The smallest absolute Gasteiger partial charge is 0.342 e. The molecule has 19 heavy (non-hydrogen) atoms. The Morgan fingerprint density at radius 2 is 2.11 bits per heavy atom. The lowest BCUT2D eigenvalue weighted by atomic mass is 10.1. The van der Waals surface area contributed by atoms with Gasteiger partial charge in [-0.2, -0.15) is 0 Å². The summed E-state index contributed by atoms with van der Waals surface area (Å²) >= 11 is 6.08. The van der Waals surface area contributed by atoms with Crippen LogP contribution in [0.1, 0.15) is 37.6 Å². The van der Waals surface area contributed by atoms with Crippen molar-refractivity contribution >= 4 is 23.3 Å². The number of rotatable bonds is 6. The number of carbonyl (C=O) groups excluding carboxylic acids is 1. The van der Waals surface area contributed by atoms with Crippen LogP contribution in [-0.2, 0) is 4.74 Å². The molecule has 0 bridgehead atoms. The first-order valence-electron chi connectivity index (χ1n) is 6.34. The van der Waals surface area contributed by atoms with Crippen LogP contribution in [0.5, 0.6) is 5.75 Å². The Balaban J connectivity index is 2.96. The topological polar surface area (TPSA) is 61.5 Å². The molecule has 106 valence electrons. The van der Waals surface area contributed by atoms with E-state index in [1.165, 1.54) is 6.07 Å². The SMILES string of the molecule is CCOC(=O)c1cc(N)cc(Cl)c1OCCC(C)C. The van der Waals surface area contributed by atoms with Crippen LogP contribution in [0.15, 0.2) is 12.1 Å². The number of carbonyl (C=O) groups is 1. The lowest BCUT2D eigenvalue weighted by Gasteiger charge is -2.14. The van der Waals surface area contributed by atoms with Gasteiger partial charge in [-0.3, -0.25) is 0 Å². The number of nitrogen functional groups attached to an aromatic ring is 1. The highest BCUT2D eigenvalue weighted by Gasteiger charge is 2.18. The van der Waals surface area contributed by atoms with E-state index in [1.54, 1.807) is 13.0 Å². The van der Waals surface area contributed by atoms with E-state index in [-0.39, 0.29) is 12.2 Å². The van der Waals surface area contributed by atoms with Crippen LogP contribution in [0.4, 0.5) is 5.69 Å². The van der Waals surface area contributed by atoms with Gasteiger partial charge in [0.05, 0.1) is 18.2 Å². The van der Waals surface area contributed by atoms with Gasteiger partial charge >= 0.3 is 5.97 Å². The molecule has 1 aromatic rings. The maximum Gasteiger partial charge on any atom is 0.342 e. The van der Waals surface area contributed by atoms with Crippen molar-refractivity contribution in [3.63, 3.8) is 0 Å². The third-order valence-electron chi connectivity index (χ3n) is 2.50. The zero-order chi connectivity index (χ0) is 14.4. The second-order valence-corrected chi connectivity index (χ2v) is 5.04. The van der Waals surface area contributed by atoms with Crippen LogP contribution in [0.3, 0.4) is 0 Å². The number of ether oxygens (including phenoxy) is 2. The Morgan fingerprint density at radius 1 is 1.42 bits per heavy atom. The van der Waals surface area contributed by atoms with Gasteiger partial charge in [0, 0.05) is 5.69 Å². The Morgan fingerprint density at radius 3 is 2.68 bits per heavy atom. The first-order valence-corrected chi connectivity index (χ1v) is 6.72. The minimum atomic E-state index is -0.476. The molecule has 0 atom stereocenters. The number of benzene rings is 1. The molecule has 0 saturated heterocycles. The third-order valence-corrected chi connectivity index (χ3v) is 2.78. The van der Waals surface area contributed by atoms with Gasteiger partial charge in [0.1, 0.15) is 5.56 Å². The van der Waals surface area contributed by atoms with Crippen molar-refractivity contribution in [3.05, 3.63) is 22.7 Å². The maximum absolute atomic E-state index is 11.9. The number of hydrogen-bond acceptors (Lipinski definition) is 4. The maximum atomic E-state index is 11.9. The van der Waals surface area contributed by atoms with Crippen LogP contribution in [0.2, 0.25) is 5.02 Å². The predicted octanol–water partition coefficient (Wildman–Crippen LogP) is 3.52. The fourth-order valence-electron chi connectivity index (χ4n) is 1.52. The van der Waals surface area contributed by atoms with E-state index in [1.807, 2.05) is 0 Å². The van der Waals surface area contributed by atoms with E-state index < -0.39 is 5.97 Å². The molecular weight excluding hydrogens is 266 g/mol. The molecule has 0 aromatic heterocycles. The lowest BCUT2D eigenvalue weighted by molar-refractivity contribution is 0.0521. The quantitative estimate of drug-likeness (QED) is 0.642. The molecule has 0 amide bonds. The second-order valence-electron chi connectivity index (χ2n) is 4.63. The van der Waals surface area contributed by atoms with E-state index in [0.29, 0.717) is 29.0 Å². The largest absolute Gasteiger partial charge is 0.491 e. The number of halogens is 1. The Bertz CT molecular complexity index is 447. The first kappa shape index (κ1) is 15.6. The molecule has 1 aromatic carbocycles. The summed E-state index contributed by atoms with van der Waals surface area (Å²) in [7, 11) is 0. The van der Waals surface area contributed by atoms with Gasteiger partial charge in [0.2, 0.25) is 0 Å². The van der Waals surface area contributed by atoms with Crippen molar-refractivity contribution in [1.29, 1.82) is 0 Å². The Hall–Kier alpha value is -1.42. The van der Waals surface area contributed by atoms with Gasteiger partial charge in [0.15, 0.2) is 5.75 Å². The van der Waals surface area contributed by atoms with Crippen molar-refractivity contribution < 1.29 is 14.3 Å². The van der Waals surface area contributed by atoms with Gasteiger partial charge in [-0.15, -0.1) is 0 Å². The number of esters is 1. The van der Waals surface area contributed by atoms with Crippen LogP contribution in [0.25, 0.3) is 0 Å². The van der Waals surface area contributed by atoms with Gasteiger partial charge in [-0.05, 0) is 31.4 Å². The van der Waals surface area contributed by atoms with Crippen LogP contribution < -0.4 is 10.5 Å². The molecule has 1 rings (SSSR count). The highest BCUT2D eigenvalue weighted by atomic mass is 35.5. The minimum Gasteiger partial charge on any atom is -0.491 e. The molecule has 0 unspecified atom stereocenters. The van der Waals surface area contributed by atoms with Gasteiger partial charge in [0.25, 0.3) is 0 Å². The van der Waals surface area contributed by atoms with E-state index >= 15 is 0 Å². The molecule has 4 nitrogen and oxygen atoms in total. The number of hydrogen-bond donors (Lipinski definition) is 1. The molecule has 2 N–H and O–H groups in total. The molecule has 0 aliphatic rings. The summed E-state index contributed by atoms with van der Waals surface area (Å²) in [5, 5.41) is 0.326. The van der Waals surface area contributed by atoms with Crippen molar-refractivity contribution in [2.24, 2.45) is 5.92 Å². The van der Waals surface area contributed by atoms with Crippen LogP contribution >= 0.6 is 11.6 Å². The van der Waals surface area contributed by atoms with Crippen LogP contribution in [0, 0.1) is 5.92 Å². The van der Waals surface area contributed by atoms with E-state index in [4.69, 9.17) is 26.8 Å².